The fourth-order valence-corrected chi connectivity index (χ4v) is 1.95. The SMILES string of the molecule is CCOC(=O)c1csc(NCc2ncn(C)n2)n1. The number of hydrogen-bond acceptors (Lipinski definition) is 7. The normalized spacial score (nSPS) is 10.3. The first-order chi connectivity index (χ1) is 8.69. The van der Waals surface area contributed by atoms with Crippen molar-refractivity contribution in [2.45, 2.75) is 13.5 Å². The van der Waals surface area contributed by atoms with Crippen LogP contribution in [0.4, 0.5) is 5.13 Å². The second-order valence-corrected chi connectivity index (χ2v) is 4.30. The van der Waals surface area contributed by atoms with Crippen molar-refractivity contribution in [2.75, 3.05) is 11.9 Å². The van der Waals surface area contributed by atoms with Gasteiger partial charge in [-0.15, -0.1) is 11.3 Å². The molecule has 2 rings (SSSR count). The summed E-state index contributed by atoms with van der Waals surface area (Å²) in [6, 6.07) is 0. The van der Waals surface area contributed by atoms with Crippen molar-refractivity contribution >= 4 is 22.4 Å². The van der Waals surface area contributed by atoms with E-state index >= 15 is 0 Å². The largest absolute Gasteiger partial charge is 0.461 e. The van der Waals surface area contributed by atoms with Crippen LogP contribution in [0, 0.1) is 0 Å². The lowest BCUT2D eigenvalue weighted by Gasteiger charge is -1.98. The number of thiazole rings is 1. The third-order valence-corrected chi connectivity index (χ3v) is 2.83. The number of ether oxygens (including phenoxy) is 1. The Labute approximate surface area is 108 Å². The molecule has 0 saturated heterocycles. The minimum Gasteiger partial charge on any atom is -0.461 e. The van der Waals surface area contributed by atoms with Crippen LogP contribution in [0.3, 0.4) is 0 Å². The van der Waals surface area contributed by atoms with E-state index in [1.54, 1.807) is 30.4 Å². The van der Waals surface area contributed by atoms with Crippen LogP contribution in [0.25, 0.3) is 0 Å². The van der Waals surface area contributed by atoms with Gasteiger partial charge in [-0.2, -0.15) is 5.10 Å². The molecule has 8 heteroatoms. The van der Waals surface area contributed by atoms with E-state index in [9.17, 15) is 4.79 Å². The minimum atomic E-state index is -0.405. The number of hydrogen-bond donors (Lipinski definition) is 1. The topological polar surface area (TPSA) is 81.9 Å². The molecule has 7 nitrogen and oxygen atoms in total. The van der Waals surface area contributed by atoms with Crippen molar-refractivity contribution in [3.8, 4) is 0 Å². The van der Waals surface area contributed by atoms with Crippen LogP contribution in [0.2, 0.25) is 0 Å². The average Bonchev–Trinajstić information content (AvgIpc) is 2.95. The monoisotopic (exact) mass is 267 g/mol. The Morgan fingerprint density at radius 1 is 1.61 bits per heavy atom. The summed E-state index contributed by atoms with van der Waals surface area (Å²) in [5.41, 5.74) is 0.318. The second kappa shape index (κ2) is 5.58. The Bertz CT molecular complexity index is 536. The molecular formula is C10H13N5O2S. The summed E-state index contributed by atoms with van der Waals surface area (Å²) in [7, 11) is 1.80. The molecule has 0 radical (unpaired) electrons. The van der Waals surface area contributed by atoms with Gasteiger partial charge in [-0.3, -0.25) is 4.68 Å². The lowest BCUT2D eigenvalue weighted by atomic mass is 10.5. The fourth-order valence-electron chi connectivity index (χ4n) is 1.27. The quantitative estimate of drug-likeness (QED) is 0.816. The summed E-state index contributed by atoms with van der Waals surface area (Å²) < 4.78 is 6.48. The van der Waals surface area contributed by atoms with Gasteiger partial charge in [0.05, 0.1) is 13.2 Å². The zero-order valence-electron chi connectivity index (χ0n) is 10.1. The third kappa shape index (κ3) is 3.04. The molecule has 0 saturated carbocycles. The van der Waals surface area contributed by atoms with E-state index in [-0.39, 0.29) is 0 Å². The fraction of sp³-hybridized carbons (Fsp3) is 0.400. The molecule has 0 aliphatic rings. The number of aryl methyl sites for hydroxylation is 1. The Morgan fingerprint density at radius 2 is 2.44 bits per heavy atom. The van der Waals surface area contributed by atoms with Crippen LogP contribution < -0.4 is 5.32 Å². The molecule has 1 N–H and O–H groups in total. The number of aromatic nitrogens is 4. The van der Waals surface area contributed by atoms with E-state index in [0.717, 1.165) is 0 Å². The molecule has 0 atom stereocenters. The van der Waals surface area contributed by atoms with E-state index in [4.69, 9.17) is 4.74 Å². The molecule has 2 aromatic rings. The van der Waals surface area contributed by atoms with Crippen LogP contribution in [0.5, 0.6) is 0 Å². The average molecular weight is 267 g/mol. The summed E-state index contributed by atoms with van der Waals surface area (Å²) in [5, 5.41) is 9.48. The highest BCUT2D eigenvalue weighted by molar-refractivity contribution is 7.13. The minimum absolute atomic E-state index is 0.318. The smallest absolute Gasteiger partial charge is 0.357 e. The summed E-state index contributed by atoms with van der Waals surface area (Å²) in [6.45, 7) is 2.57. The molecule has 0 bridgehead atoms. The summed E-state index contributed by atoms with van der Waals surface area (Å²) in [5.74, 6) is 0.267. The van der Waals surface area contributed by atoms with Crippen molar-refractivity contribution in [3.05, 3.63) is 23.2 Å². The van der Waals surface area contributed by atoms with Crippen molar-refractivity contribution in [2.24, 2.45) is 7.05 Å². The van der Waals surface area contributed by atoms with Crippen molar-refractivity contribution < 1.29 is 9.53 Å². The molecule has 0 aliphatic heterocycles. The highest BCUT2D eigenvalue weighted by Crippen LogP contribution is 2.16. The van der Waals surface area contributed by atoms with Crippen LogP contribution in [0.1, 0.15) is 23.2 Å². The maximum absolute atomic E-state index is 11.4. The molecule has 0 spiro atoms. The summed E-state index contributed by atoms with van der Waals surface area (Å²) in [4.78, 5) is 19.6. The molecule has 0 amide bonds. The van der Waals surface area contributed by atoms with Crippen molar-refractivity contribution in [3.63, 3.8) is 0 Å². The first-order valence-corrected chi connectivity index (χ1v) is 6.28. The molecule has 0 aliphatic carbocycles. The van der Waals surface area contributed by atoms with E-state index in [0.29, 0.717) is 29.8 Å². The van der Waals surface area contributed by atoms with Gasteiger partial charge in [0.1, 0.15) is 6.33 Å². The van der Waals surface area contributed by atoms with Crippen LogP contribution in [-0.2, 0) is 18.3 Å². The molecule has 0 fully saturated rings. The number of nitrogens with one attached hydrogen (secondary N) is 1. The number of rotatable bonds is 5. The van der Waals surface area contributed by atoms with Gasteiger partial charge in [-0.25, -0.2) is 14.8 Å². The van der Waals surface area contributed by atoms with Gasteiger partial charge in [0, 0.05) is 12.4 Å². The van der Waals surface area contributed by atoms with Gasteiger partial charge in [0.2, 0.25) is 0 Å². The predicted octanol–water partition coefficient (Wildman–Crippen LogP) is 1.06. The summed E-state index contributed by atoms with van der Waals surface area (Å²) in [6.07, 6.45) is 1.63. The highest BCUT2D eigenvalue weighted by atomic mass is 32.1. The second-order valence-electron chi connectivity index (χ2n) is 3.45. The van der Waals surface area contributed by atoms with Crippen LogP contribution in [0.15, 0.2) is 11.7 Å². The lowest BCUT2D eigenvalue weighted by Crippen LogP contribution is -2.06. The third-order valence-electron chi connectivity index (χ3n) is 2.03. The van der Waals surface area contributed by atoms with Crippen molar-refractivity contribution in [1.82, 2.24) is 19.7 Å². The molecule has 18 heavy (non-hydrogen) atoms. The maximum Gasteiger partial charge on any atom is 0.357 e. The molecule has 0 aromatic carbocycles. The number of nitrogens with zero attached hydrogens (tertiary/aromatic N) is 4. The Morgan fingerprint density at radius 3 is 3.11 bits per heavy atom. The van der Waals surface area contributed by atoms with Gasteiger partial charge in [-0.05, 0) is 6.92 Å². The molecule has 2 heterocycles. The zero-order chi connectivity index (χ0) is 13.0. The number of carbonyl (C=O) groups is 1. The highest BCUT2D eigenvalue weighted by Gasteiger charge is 2.11. The van der Waals surface area contributed by atoms with E-state index < -0.39 is 5.97 Å². The molecule has 2 aromatic heterocycles. The zero-order valence-corrected chi connectivity index (χ0v) is 10.9. The standard InChI is InChI=1S/C10H13N5O2S/c1-3-17-9(16)7-5-18-10(13-7)11-4-8-12-6-15(2)14-8/h5-6H,3-4H2,1-2H3,(H,11,13). The van der Waals surface area contributed by atoms with Crippen LogP contribution in [-0.4, -0.2) is 32.3 Å². The van der Waals surface area contributed by atoms with Gasteiger partial charge in [0.15, 0.2) is 16.6 Å². The predicted molar refractivity (Wildman–Crippen MR) is 66.4 cm³/mol. The number of carbonyl (C=O) groups excluding carboxylic acids is 1. The molecule has 0 unspecified atom stereocenters. The van der Waals surface area contributed by atoms with Crippen LogP contribution >= 0.6 is 11.3 Å². The number of anilines is 1. The molecule has 96 valence electrons. The van der Waals surface area contributed by atoms with Gasteiger partial charge in [0.25, 0.3) is 0 Å². The maximum atomic E-state index is 11.4. The molecular weight excluding hydrogens is 254 g/mol. The summed E-state index contributed by atoms with van der Waals surface area (Å²) >= 11 is 1.34. The van der Waals surface area contributed by atoms with Gasteiger partial charge in [-0.1, -0.05) is 0 Å². The Balaban J connectivity index is 1.92. The Kier molecular flexibility index (Phi) is 3.88. The van der Waals surface area contributed by atoms with Crippen molar-refractivity contribution in [1.29, 1.82) is 0 Å². The lowest BCUT2D eigenvalue weighted by molar-refractivity contribution is 0.0520. The van der Waals surface area contributed by atoms with Gasteiger partial charge < -0.3 is 10.1 Å². The van der Waals surface area contributed by atoms with E-state index in [1.807, 2.05) is 0 Å². The van der Waals surface area contributed by atoms with E-state index in [2.05, 4.69) is 20.4 Å². The first kappa shape index (κ1) is 12.5. The first-order valence-electron chi connectivity index (χ1n) is 5.40. The number of esters is 1. The van der Waals surface area contributed by atoms with E-state index in [1.165, 1.54) is 11.3 Å². The van der Waals surface area contributed by atoms with Gasteiger partial charge >= 0.3 is 5.97 Å². The Hall–Kier alpha value is -1.96.